The molecule has 0 radical (unpaired) electrons. The van der Waals surface area contributed by atoms with E-state index in [1.807, 2.05) is 56.9 Å². The topological polar surface area (TPSA) is 79.2 Å². The van der Waals surface area contributed by atoms with Gasteiger partial charge in [0.1, 0.15) is 6.04 Å². The van der Waals surface area contributed by atoms with E-state index in [0.29, 0.717) is 5.95 Å². The Hall–Kier alpha value is -3.42. The van der Waals surface area contributed by atoms with Crippen LogP contribution in [0.25, 0.3) is 11.4 Å². The fraction of sp³-hybridized carbons (Fsp3) is 0.364. The van der Waals surface area contributed by atoms with E-state index < -0.39 is 0 Å². The zero-order valence-corrected chi connectivity index (χ0v) is 18.2. The SMILES string of the molecule is Cc1cc(-c2ccnc(Nc3ccc4c(c3)N(C(C)C)C(C)C(=O)N4C)n2)n(C)n1. The van der Waals surface area contributed by atoms with Crippen LogP contribution in [0.3, 0.4) is 0 Å². The normalized spacial score (nSPS) is 16.2. The summed E-state index contributed by atoms with van der Waals surface area (Å²) in [5.41, 5.74) is 5.46. The second-order valence-corrected chi connectivity index (χ2v) is 7.96. The summed E-state index contributed by atoms with van der Waals surface area (Å²) in [4.78, 5) is 25.5. The van der Waals surface area contributed by atoms with Crippen LogP contribution in [0.5, 0.6) is 0 Å². The molecule has 1 N–H and O–H groups in total. The minimum atomic E-state index is -0.217. The molecule has 4 rings (SSSR count). The average molecular weight is 406 g/mol. The highest BCUT2D eigenvalue weighted by Crippen LogP contribution is 2.39. The number of nitrogens with zero attached hydrogens (tertiary/aromatic N) is 6. The highest BCUT2D eigenvalue weighted by atomic mass is 16.2. The lowest BCUT2D eigenvalue weighted by molar-refractivity contribution is -0.119. The Bertz CT molecular complexity index is 1100. The second kappa shape index (κ2) is 7.44. The zero-order valence-electron chi connectivity index (χ0n) is 18.2. The van der Waals surface area contributed by atoms with Gasteiger partial charge in [-0.3, -0.25) is 9.48 Å². The van der Waals surface area contributed by atoms with E-state index in [2.05, 4.69) is 45.2 Å². The van der Waals surface area contributed by atoms with Gasteiger partial charge in [0.2, 0.25) is 11.9 Å². The molecule has 3 aromatic rings. The Balaban J connectivity index is 1.68. The first-order valence-corrected chi connectivity index (χ1v) is 10.1. The standard InChI is InChI=1S/C22H27N7O/c1-13(2)29-15(4)21(30)27(5)18-8-7-16(12-20(18)29)24-22-23-10-9-17(25-22)19-11-14(3)26-28(19)6/h7-13,15H,1-6H3,(H,23,24,25). The van der Waals surface area contributed by atoms with Crippen LogP contribution in [0.2, 0.25) is 0 Å². The van der Waals surface area contributed by atoms with E-state index >= 15 is 0 Å². The number of hydrogen-bond donors (Lipinski definition) is 1. The summed E-state index contributed by atoms with van der Waals surface area (Å²) >= 11 is 0. The lowest BCUT2D eigenvalue weighted by atomic mass is 10.0. The molecular weight excluding hydrogens is 378 g/mol. The molecule has 0 saturated heterocycles. The molecule has 0 fully saturated rings. The number of rotatable bonds is 4. The first kappa shape index (κ1) is 19.9. The Morgan fingerprint density at radius 2 is 1.87 bits per heavy atom. The maximum Gasteiger partial charge on any atom is 0.249 e. The van der Waals surface area contributed by atoms with Crippen molar-refractivity contribution in [3.05, 3.63) is 42.2 Å². The Morgan fingerprint density at radius 1 is 1.10 bits per heavy atom. The third kappa shape index (κ3) is 3.38. The molecule has 1 amide bonds. The number of fused-ring (bicyclic) bond motifs is 1. The number of carbonyl (C=O) groups excluding carboxylic acids is 1. The van der Waals surface area contributed by atoms with Gasteiger partial charge in [0.05, 0.1) is 28.5 Å². The minimum Gasteiger partial charge on any atom is -0.356 e. The van der Waals surface area contributed by atoms with E-state index in [0.717, 1.165) is 34.1 Å². The number of likely N-dealkylation sites (N-methyl/N-ethyl adjacent to an activating group) is 1. The first-order chi connectivity index (χ1) is 14.3. The molecule has 0 spiro atoms. The van der Waals surface area contributed by atoms with Crippen LogP contribution < -0.4 is 15.1 Å². The zero-order chi connectivity index (χ0) is 21.6. The highest BCUT2D eigenvalue weighted by Gasteiger charge is 2.34. The Kier molecular flexibility index (Phi) is 4.93. The third-order valence-electron chi connectivity index (χ3n) is 5.45. The molecule has 1 aromatic carbocycles. The molecular formula is C22H27N7O. The van der Waals surface area contributed by atoms with Crippen LogP contribution in [-0.2, 0) is 11.8 Å². The largest absolute Gasteiger partial charge is 0.356 e. The third-order valence-corrected chi connectivity index (χ3v) is 5.45. The van der Waals surface area contributed by atoms with Crippen molar-refractivity contribution in [2.75, 3.05) is 22.2 Å². The minimum absolute atomic E-state index is 0.0967. The van der Waals surface area contributed by atoms with Crippen molar-refractivity contribution in [3.63, 3.8) is 0 Å². The number of benzene rings is 1. The van der Waals surface area contributed by atoms with Gasteiger partial charge >= 0.3 is 0 Å². The predicted molar refractivity (Wildman–Crippen MR) is 119 cm³/mol. The molecule has 8 heteroatoms. The van der Waals surface area contributed by atoms with Gasteiger partial charge in [0.25, 0.3) is 0 Å². The van der Waals surface area contributed by atoms with Crippen molar-refractivity contribution >= 4 is 28.9 Å². The van der Waals surface area contributed by atoms with Gasteiger partial charge in [-0.15, -0.1) is 0 Å². The molecule has 1 atom stereocenters. The molecule has 8 nitrogen and oxygen atoms in total. The van der Waals surface area contributed by atoms with Crippen LogP contribution in [0.15, 0.2) is 36.5 Å². The van der Waals surface area contributed by atoms with Crippen molar-refractivity contribution < 1.29 is 4.79 Å². The van der Waals surface area contributed by atoms with Gasteiger partial charge in [0.15, 0.2) is 0 Å². The number of amides is 1. The molecule has 30 heavy (non-hydrogen) atoms. The molecule has 1 unspecified atom stereocenters. The van der Waals surface area contributed by atoms with E-state index in [9.17, 15) is 4.79 Å². The second-order valence-electron chi connectivity index (χ2n) is 7.96. The monoisotopic (exact) mass is 405 g/mol. The Labute approximate surface area is 176 Å². The van der Waals surface area contributed by atoms with Crippen molar-refractivity contribution in [2.24, 2.45) is 7.05 Å². The summed E-state index contributed by atoms with van der Waals surface area (Å²) in [7, 11) is 3.73. The fourth-order valence-corrected chi connectivity index (χ4v) is 4.08. The molecule has 2 aromatic heterocycles. The van der Waals surface area contributed by atoms with E-state index in [1.54, 1.807) is 11.1 Å². The number of carbonyl (C=O) groups is 1. The average Bonchev–Trinajstić information content (AvgIpc) is 3.04. The van der Waals surface area contributed by atoms with Crippen LogP contribution in [0, 0.1) is 6.92 Å². The van der Waals surface area contributed by atoms with E-state index in [-0.39, 0.29) is 18.0 Å². The van der Waals surface area contributed by atoms with Crippen molar-refractivity contribution in [1.29, 1.82) is 0 Å². The molecule has 0 bridgehead atoms. The van der Waals surface area contributed by atoms with Gasteiger partial charge in [-0.2, -0.15) is 5.10 Å². The van der Waals surface area contributed by atoms with Crippen molar-refractivity contribution in [3.8, 4) is 11.4 Å². The van der Waals surface area contributed by atoms with Gasteiger partial charge in [-0.1, -0.05) is 0 Å². The predicted octanol–water partition coefficient (Wildman–Crippen LogP) is 3.51. The van der Waals surface area contributed by atoms with Crippen molar-refractivity contribution in [1.82, 2.24) is 19.7 Å². The number of anilines is 4. The molecule has 0 saturated carbocycles. The summed E-state index contributed by atoms with van der Waals surface area (Å²) in [5, 5.41) is 7.70. The van der Waals surface area contributed by atoms with Gasteiger partial charge in [-0.25, -0.2) is 9.97 Å². The number of aromatic nitrogens is 4. The van der Waals surface area contributed by atoms with Crippen molar-refractivity contribution in [2.45, 2.75) is 39.8 Å². The van der Waals surface area contributed by atoms with Crippen LogP contribution >= 0.6 is 0 Å². The summed E-state index contributed by atoms with van der Waals surface area (Å²) < 4.78 is 1.81. The summed E-state index contributed by atoms with van der Waals surface area (Å²) in [5.74, 6) is 0.607. The summed E-state index contributed by atoms with van der Waals surface area (Å²) in [6.07, 6.45) is 1.74. The van der Waals surface area contributed by atoms with Crippen LogP contribution in [0.4, 0.5) is 23.0 Å². The molecule has 156 valence electrons. The van der Waals surface area contributed by atoms with Crippen LogP contribution in [0.1, 0.15) is 26.5 Å². The number of aryl methyl sites for hydroxylation is 2. The van der Waals surface area contributed by atoms with E-state index in [4.69, 9.17) is 0 Å². The molecule has 3 heterocycles. The fourth-order valence-electron chi connectivity index (χ4n) is 4.08. The highest BCUT2D eigenvalue weighted by molar-refractivity contribution is 6.05. The lowest BCUT2D eigenvalue weighted by Crippen LogP contribution is -2.53. The smallest absolute Gasteiger partial charge is 0.249 e. The Morgan fingerprint density at radius 3 is 2.53 bits per heavy atom. The van der Waals surface area contributed by atoms with Crippen LogP contribution in [-0.4, -0.2) is 44.8 Å². The van der Waals surface area contributed by atoms with E-state index in [1.165, 1.54) is 0 Å². The quantitative estimate of drug-likeness (QED) is 0.716. The maximum atomic E-state index is 12.6. The lowest BCUT2D eigenvalue weighted by Gasteiger charge is -2.42. The first-order valence-electron chi connectivity index (χ1n) is 10.1. The molecule has 1 aliphatic heterocycles. The molecule has 0 aliphatic carbocycles. The summed E-state index contributed by atoms with van der Waals surface area (Å²) in [6, 6.07) is 9.81. The van der Waals surface area contributed by atoms with Gasteiger partial charge in [-0.05, 0) is 58.0 Å². The van der Waals surface area contributed by atoms with Gasteiger partial charge < -0.3 is 15.1 Å². The number of hydrogen-bond acceptors (Lipinski definition) is 6. The number of nitrogens with one attached hydrogen (secondary N) is 1. The summed E-state index contributed by atoms with van der Waals surface area (Å²) in [6.45, 7) is 8.10. The maximum absolute atomic E-state index is 12.6. The van der Waals surface area contributed by atoms with Gasteiger partial charge in [0, 0.05) is 32.0 Å². The molecule has 1 aliphatic rings.